The van der Waals surface area contributed by atoms with E-state index in [9.17, 15) is 9.90 Å². The summed E-state index contributed by atoms with van der Waals surface area (Å²) in [6.45, 7) is 6.06. The summed E-state index contributed by atoms with van der Waals surface area (Å²) in [4.78, 5) is 14.5. The highest BCUT2D eigenvalue weighted by Gasteiger charge is 2.27. The van der Waals surface area contributed by atoms with Gasteiger partial charge in [0.05, 0.1) is 6.61 Å². The van der Waals surface area contributed by atoms with E-state index in [4.69, 9.17) is 9.15 Å². The minimum atomic E-state index is -0.381. The van der Waals surface area contributed by atoms with Gasteiger partial charge >= 0.3 is 5.63 Å². The van der Waals surface area contributed by atoms with Crippen molar-refractivity contribution < 1.29 is 14.3 Å². The van der Waals surface area contributed by atoms with Crippen molar-refractivity contribution in [2.75, 3.05) is 13.2 Å². The van der Waals surface area contributed by atoms with Crippen LogP contribution in [-0.2, 0) is 6.54 Å². The molecule has 1 atom stereocenters. The Morgan fingerprint density at radius 2 is 2.00 bits per heavy atom. The molecule has 2 aromatic carbocycles. The quantitative estimate of drug-likeness (QED) is 0.659. The van der Waals surface area contributed by atoms with Crippen molar-refractivity contribution in [3.63, 3.8) is 0 Å². The zero-order valence-corrected chi connectivity index (χ0v) is 16.3. The van der Waals surface area contributed by atoms with Gasteiger partial charge in [-0.05, 0) is 68.6 Å². The molecule has 3 aromatic rings. The first-order valence-electron chi connectivity index (χ1n) is 9.79. The number of hydrogen-bond donors (Lipinski definition) is 1. The second-order valence-electron chi connectivity index (χ2n) is 7.31. The van der Waals surface area contributed by atoms with Gasteiger partial charge in [0.15, 0.2) is 0 Å². The fourth-order valence-corrected chi connectivity index (χ4v) is 4.11. The molecule has 1 aliphatic rings. The van der Waals surface area contributed by atoms with Crippen LogP contribution < -0.4 is 10.4 Å². The molecule has 0 bridgehead atoms. The predicted molar refractivity (Wildman–Crippen MR) is 109 cm³/mol. The van der Waals surface area contributed by atoms with E-state index in [0.717, 1.165) is 36.1 Å². The molecule has 0 unspecified atom stereocenters. The molecular weight excluding hydrogens is 354 g/mol. The van der Waals surface area contributed by atoms with Gasteiger partial charge in [-0.3, -0.25) is 4.90 Å². The maximum absolute atomic E-state index is 12.1. The number of fused-ring (bicyclic) bond motifs is 1. The molecule has 146 valence electrons. The Kier molecular flexibility index (Phi) is 5.09. The number of likely N-dealkylation sites (tertiary alicyclic amines) is 1. The molecule has 0 saturated carbocycles. The molecule has 1 saturated heterocycles. The lowest BCUT2D eigenvalue weighted by Crippen LogP contribution is -2.23. The van der Waals surface area contributed by atoms with Gasteiger partial charge in [-0.15, -0.1) is 0 Å². The fourth-order valence-electron chi connectivity index (χ4n) is 4.11. The molecule has 5 heteroatoms. The van der Waals surface area contributed by atoms with E-state index in [1.54, 1.807) is 19.1 Å². The van der Waals surface area contributed by atoms with Crippen molar-refractivity contribution in [3.05, 3.63) is 69.6 Å². The van der Waals surface area contributed by atoms with Gasteiger partial charge in [0.1, 0.15) is 17.1 Å². The highest BCUT2D eigenvalue weighted by Crippen LogP contribution is 2.35. The Morgan fingerprint density at radius 3 is 2.75 bits per heavy atom. The third-order valence-electron chi connectivity index (χ3n) is 5.53. The summed E-state index contributed by atoms with van der Waals surface area (Å²) in [7, 11) is 0. The number of phenols is 1. The minimum absolute atomic E-state index is 0.140. The van der Waals surface area contributed by atoms with E-state index in [0.29, 0.717) is 30.3 Å². The summed E-state index contributed by atoms with van der Waals surface area (Å²) in [6, 6.07) is 13.7. The average molecular weight is 379 g/mol. The van der Waals surface area contributed by atoms with Crippen LogP contribution in [0.3, 0.4) is 0 Å². The molecule has 28 heavy (non-hydrogen) atoms. The second kappa shape index (κ2) is 7.68. The number of hydrogen-bond acceptors (Lipinski definition) is 5. The standard InChI is InChI=1S/C23H25NO4/c1-3-27-18-8-6-16(7-9-18)20-5-4-12-24(20)14-17-13-22(26)28-23-15(2)21(25)11-10-19(17)23/h6-11,13,20,25H,3-5,12,14H2,1-2H3/t20-/m0/s1. The summed E-state index contributed by atoms with van der Waals surface area (Å²) in [5, 5.41) is 10.8. The van der Waals surface area contributed by atoms with Gasteiger partial charge in [-0.25, -0.2) is 4.79 Å². The fraction of sp³-hybridized carbons (Fsp3) is 0.348. The number of aryl methyl sites for hydroxylation is 1. The largest absolute Gasteiger partial charge is 0.508 e. The normalized spacial score (nSPS) is 17.3. The molecule has 2 heterocycles. The van der Waals surface area contributed by atoms with Gasteiger partial charge in [-0.2, -0.15) is 0 Å². The number of phenolic OH excluding ortho intramolecular Hbond substituents is 1. The third kappa shape index (κ3) is 3.50. The van der Waals surface area contributed by atoms with Crippen LogP contribution in [0, 0.1) is 6.92 Å². The maximum atomic E-state index is 12.1. The number of nitrogens with zero attached hydrogens (tertiary/aromatic N) is 1. The van der Waals surface area contributed by atoms with E-state index in [-0.39, 0.29) is 11.4 Å². The third-order valence-corrected chi connectivity index (χ3v) is 5.53. The Balaban J connectivity index is 1.65. The van der Waals surface area contributed by atoms with Crippen molar-refractivity contribution in [2.24, 2.45) is 0 Å². The first-order chi connectivity index (χ1) is 13.6. The van der Waals surface area contributed by atoms with Crippen molar-refractivity contribution in [2.45, 2.75) is 39.3 Å². The maximum Gasteiger partial charge on any atom is 0.336 e. The Hall–Kier alpha value is -2.79. The van der Waals surface area contributed by atoms with Gasteiger partial charge in [0.2, 0.25) is 0 Å². The van der Waals surface area contributed by atoms with Crippen LogP contribution in [0.5, 0.6) is 11.5 Å². The smallest absolute Gasteiger partial charge is 0.336 e. The lowest BCUT2D eigenvalue weighted by Gasteiger charge is -2.25. The summed E-state index contributed by atoms with van der Waals surface area (Å²) in [6.07, 6.45) is 2.21. The zero-order valence-electron chi connectivity index (χ0n) is 16.3. The van der Waals surface area contributed by atoms with Crippen LogP contribution in [0.25, 0.3) is 11.0 Å². The number of benzene rings is 2. The topological polar surface area (TPSA) is 62.9 Å². The first-order valence-corrected chi connectivity index (χ1v) is 9.79. The minimum Gasteiger partial charge on any atom is -0.508 e. The van der Waals surface area contributed by atoms with Gasteiger partial charge in [-0.1, -0.05) is 12.1 Å². The van der Waals surface area contributed by atoms with E-state index >= 15 is 0 Å². The van der Waals surface area contributed by atoms with Crippen LogP contribution in [0.2, 0.25) is 0 Å². The lowest BCUT2D eigenvalue weighted by molar-refractivity contribution is 0.248. The second-order valence-corrected chi connectivity index (χ2v) is 7.31. The van der Waals surface area contributed by atoms with Crippen LogP contribution >= 0.6 is 0 Å². The molecular formula is C23H25NO4. The van der Waals surface area contributed by atoms with Crippen LogP contribution in [0.15, 0.2) is 51.7 Å². The Morgan fingerprint density at radius 1 is 1.21 bits per heavy atom. The van der Waals surface area contributed by atoms with E-state index in [1.165, 1.54) is 5.56 Å². The Labute approximate surface area is 164 Å². The molecule has 1 fully saturated rings. The summed E-state index contributed by atoms with van der Waals surface area (Å²) >= 11 is 0. The lowest BCUT2D eigenvalue weighted by atomic mass is 10.0. The summed E-state index contributed by atoms with van der Waals surface area (Å²) in [5.41, 5.74) is 2.89. The zero-order chi connectivity index (χ0) is 19.7. The van der Waals surface area contributed by atoms with Crippen LogP contribution in [0.4, 0.5) is 0 Å². The molecule has 0 spiro atoms. The highest BCUT2D eigenvalue weighted by atomic mass is 16.5. The number of ether oxygens (including phenoxy) is 1. The van der Waals surface area contributed by atoms with Crippen molar-refractivity contribution in [1.82, 2.24) is 4.90 Å². The number of rotatable bonds is 5. The molecule has 5 nitrogen and oxygen atoms in total. The summed E-state index contributed by atoms with van der Waals surface area (Å²) in [5.74, 6) is 1.03. The highest BCUT2D eigenvalue weighted by molar-refractivity contribution is 5.84. The molecule has 1 aliphatic heterocycles. The van der Waals surface area contributed by atoms with Gasteiger partial charge < -0.3 is 14.3 Å². The van der Waals surface area contributed by atoms with Crippen molar-refractivity contribution >= 4 is 11.0 Å². The first kappa shape index (κ1) is 18.6. The SMILES string of the molecule is CCOc1ccc([C@@H]2CCCN2Cc2cc(=O)oc3c(C)c(O)ccc23)cc1. The predicted octanol–water partition coefficient (Wildman–Crippen LogP) is 4.54. The average Bonchev–Trinajstić information content (AvgIpc) is 3.14. The van der Waals surface area contributed by atoms with E-state index < -0.39 is 0 Å². The van der Waals surface area contributed by atoms with Gasteiger partial charge in [0.25, 0.3) is 0 Å². The van der Waals surface area contributed by atoms with Crippen LogP contribution in [0.1, 0.15) is 42.5 Å². The molecule has 4 rings (SSSR count). The molecule has 0 radical (unpaired) electrons. The number of aromatic hydroxyl groups is 1. The molecule has 1 aromatic heterocycles. The summed E-state index contributed by atoms with van der Waals surface area (Å²) < 4.78 is 10.9. The molecule has 1 N–H and O–H groups in total. The van der Waals surface area contributed by atoms with Gasteiger partial charge in [0, 0.05) is 29.6 Å². The van der Waals surface area contributed by atoms with E-state index in [1.807, 2.05) is 25.1 Å². The van der Waals surface area contributed by atoms with Crippen molar-refractivity contribution in [3.8, 4) is 11.5 Å². The monoisotopic (exact) mass is 379 g/mol. The Bertz CT molecular complexity index is 1040. The van der Waals surface area contributed by atoms with Crippen LogP contribution in [-0.4, -0.2) is 23.2 Å². The van der Waals surface area contributed by atoms with E-state index in [2.05, 4.69) is 17.0 Å². The molecule has 0 aliphatic carbocycles. The van der Waals surface area contributed by atoms with Crippen molar-refractivity contribution in [1.29, 1.82) is 0 Å². The molecule has 0 amide bonds.